The highest BCUT2D eigenvalue weighted by Crippen LogP contribution is 2.20. The maximum atomic E-state index is 12.6. The number of piperazine rings is 1. The zero-order valence-electron chi connectivity index (χ0n) is 16.9. The van der Waals surface area contributed by atoms with Gasteiger partial charge in [-0.1, -0.05) is 0 Å². The summed E-state index contributed by atoms with van der Waals surface area (Å²) in [5.41, 5.74) is 1.02. The predicted molar refractivity (Wildman–Crippen MR) is 106 cm³/mol. The van der Waals surface area contributed by atoms with Crippen molar-refractivity contribution in [3.05, 3.63) is 23.9 Å². The molecule has 9 nitrogen and oxygen atoms in total. The largest absolute Gasteiger partial charge is 0.341 e. The molecule has 2 saturated heterocycles. The monoisotopic (exact) mass is 401 g/mol. The fraction of sp³-hybridized carbons (Fsp3) is 0.550. The van der Waals surface area contributed by atoms with Gasteiger partial charge in [-0.3, -0.25) is 19.2 Å². The Morgan fingerprint density at radius 1 is 1.10 bits per heavy atom. The van der Waals surface area contributed by atoms with Gasteiger partial charge in [0, 0.05) is 44.8 Å². The molecule has 4 amide bonds. The highest BCUT2D eigenvalue weighted by Gasteiger charge is 2.34. The second-order valence-electron chi connectivity index (χ2n) is 7.47. The number of hydrogen-bond acceptors (Lipinski definition) is 5. The summed E-state index contributed by atoms with van der Waals surface area (Å²) in [6.07, 6.45) is 2.76. The summed E-state index contributed by atoms with van der Waals surface area (Å²) in [4.78, 5) is 57.8. The number of hydrogen-bond donors (Lipinski definition) is 1. The SMILES string of the molecule is CCN1CCN(CC(=O)N2CCC(C(=O)Nc3cc(C)ccn3)CC2)C(=O)C1=O. The van der Waals surface area contributed by atoms with E-state index in [1.165, 1.54) is 9.80 Å². The number of piperidine rings is 1. The third-order valence-electron chi connectivity index (χ3n) is 5.49. The third-order valence-corrected chi connectivity index (χ3v) is 5.49. The molecular weight excluding hydrogens is 374 g/mol. The van der Waals surface area contributed by atoms with Crippen LogP contribution in [0.15, 0.2) is 18.3 Å². The molecular formula is C20H27N5O4. The molecule has 0 spiro atoms. The first-order valence-electron chi connectivity index (χ1n) is 9.98. The summed E-state index contributed by atoms with van der Waals surface area (Å²) in [5.74, 6) is -1.10. The Labute approximate surface area is 170 Å². The van der Waals surface area contributed by atoms with E-state index in [4.69, 9.17) is 0 Å². The summed E-state index contributed by atoms with van der Waals surface area (Å²) in [5, 5.41) is 2.83. The van der Waals surface area contributed by atoms with Gasteiger partial charge in [0.15, 0.2) is 0 Å². The molecule has 2 aliphatic heterocycles. The van der Waals surface area contributed by atoms with Gasteiger partial charge in [-0.05, 0) is 44.4 Å². The number of likely N-dealkylation sites (N-methyl/N-ethyl adjacent to an activating group) is 1. The van der Waals surface area contributed by atoms with E-state index in [0.717, 1.165) is 5.56 Å². The van der Waals surface area contributed by atoms with Crippen LogP contribution in [-0.2, 0) is 19.2 Å². The summed E-state index contributed by atoms with van der Waals surface area (Å²) in [7, 11) is 0. The molecule has 2 aliphatic rings. The average Bonchev–Trinajstić information content (AvgIpc) is 2.71. The minimum absolute atomic E-state index is 0.0911. The lowest BCUT2D eigenvalue weighted by atomic mass is 9.96. The van der Waals surface area contributed by atoms with Crippen molar-refractivity contribution < 1.29 is 19.2 Å². The number of carbonyl (C=O) groups excluding carboxylic acids is 4. The molecule has 9 heteroatoms. The van der Waals surface area contributed by atoms with Crippen LogP contribution >= 0.6 is 0 Å². The zero-order chi connectivity index (χ0) is 21.0. The highest BCUT2D eigenvalue weighted by atomic mass is 16.2. The third kappa shape index (κ3) is 4.90. The number of nitrogens with one attached hydrogen (secondary N) is 1. The zero-order valence-corrected chi connectivity index (χ0v) is 16.9. The smallest absolute Gasteiger partial charge is 0.312 e. The lowest BCUT2D eigenvalue weighted by Gasteiger charge is -2.35. The normalized spacial score (nSPS) is 18.2. The topological polar surface area (TPSA) is 103 Å². The van der Waals surface area contributed by atoms with E-state index in [-0.39, 0.29) is 24.3 Å². The number of aryl methyl sites for hydroxylation is 1. The number of anilines is 1. The van der Waals surface area contributed by atoms with Gasteiger partial charge in [0.25, 0.3) is 0 Å². The summed E-state index contributed by atoms with van der Waals surface area (Å²) < 4.78 is 0. The number of amides is 4. The molecule has 1 aromatic rings. The first-order chi connectivity index (χ1) is 13.9. The van der Waals surface area contributed by atoms with Crippen molar-refractivity contribution >= 4 is 29.4 Å². The van der Waals surface area contributed by atoms with E-state index >= 15 is 0 Å². The molecule has 0 saturated carbocycles. The van der Waals surface area contributed by atoms with Crippen molar-refractivity contribution in [2.75, 3.05) is 44.6 Å². The highest BCUT2D eigenvalue weighted by molar-refractivity contribution is 6.35. The van der Waals surface area contributed by atoms with E-state index in [2.05, 4.69) is 10.3 Å². The second-order valence-corrected chi connectivity index (χ2v) is 7.47. The van der Waals surface area contributed by atoms with Crippen molar-refractivity contribution in [3.63, 3.8) is 0 Å². The van der Waals surface area contributed by atoms with E-state index in [9.17, 15) is 19.2 Å². The van der Waals surface area contributed by atoms with Crippen LogP contribution in [-0.4, -0.2) is 82.6 Å². The van der Waals surface area contributed by atoms with Gasteiger partial charge in [0.1, 0.15) is 12.4 Å². The van der Waals surface area contributed by atoms with Crippen molar-refractivity contribution in [1.29, 1.82) is 0 Å². The molecule has 29 heavy (non-hydrogen) atoms. The van der Waals surface area contributed by atoms with Crippen molar-refractivity contribution in [3.8, 4) is 0 Å². The van der Waals surface area contributed by atoms with E-state index < -0.39 is 11.8 Å². The number of pyridine rings is 1. The van der Waals surface area contributed by atoms with Crippen LogP contribution < -0.4 is 5.32 Å². The maximum Gasteiger partial charge on any atom is 0.312 e. The van der Waals surface area contributed by atoms with Crippen LogP contribution in [0, 0.1) is 12.8 Å². The molecule has 2 fully saturated rings. The Bertz CT molecular complexity index is 804. The van der Waals surface area contributed by atoms with Crippen LogP contribution in [0.2, 0.25) is 0 Å². The molecule has 0 atom stereocenters. The number of carbonyl (C=O) groups is 4. The van der Waals surface area contributed by atoms with Gasteiger partial charge in [0.2, 0.25) is 11.8 Å². The minimum Gasteiger partial charge on any atom is -0.341 e. The summed E-state index contributed by atoms with van der Waals surface area (Å²) >= 11 is 0. The van der Waals surface area contributed by atoms with Crippen LogP contribution in [0.5, 0.6) is 0 Å². The lowest BCUT2D eigenvalue weighted by Crippen LogP contribution is -2.56. The molecule has 1 N–H and O–H groups in total. The first-order valence-corrected chi connectivity index (χ1v) is 9.98. The van der Waals surface area contributed by atoms with Gasteiger partial charge >= 0.3 is 11.8 Å². The van der Waals surface area contributed by atoms with E-state index in [1.807, 2.05) is 26.0 Å². The maximum absolute atomic E-state index is 12.6. The lowest BCUT2D eigenvalue weighted by molar-refractivity contribution is -0.157. The average molecular weight is 401 g/mol. The quantitative estimate of drug-likeness (QED) is 0.713. The molecule has 0 unspecified atom stereocenters. The molecule has 1 aromatic heterocycles. The number of nitrogens with zero attached hydrogens (tertiary/aromatic N) is 4. The Balaban J connectivity index is 1.47. The summed E-state index contributed by atoms with van der Waals surface area (Å²) in [6, 6.07) is 3.67. The van der Waals surface area contributed by atoms with Crippen LogP contribution in [0.1, 0.15) is 25.3 Å². The van der Waals surface area contributed by atoms with Crippen molar-refractivity contribution in [1.82, 2.24) is 19.7 Å². The van der Waals surface area contributed by atoms with E-state index in [0.29, 0.717) is 51.4 Å². The fourth-order valence-electron chi connectivity index (χ4n) is 3.65. The van der Waals surface area contributed by atoms with Gasteiger partial charge in [0.05, 0.1) is 0 Å². The summed E-state index contributed by atoms with van der Waals surface area (Å²) in [6.45, 7) is 5.87. The van der Waals surface area contributed by atoms with Crippen LogP contribution in [0.3, 0.4) is 0 Å². The number of rotatable bonds is 5. The Hall–Kier alpha value is -2.97. The first kappa shape index (κ1) is 20.8. The molecule has 3 rings (SSSR count). The van der Waals surface area contributed by atoms with Crippen molar-refractivity contribution in [2.45, 2.75) is 26.7 Å². The van der Waals surface area contributed by atoms with Gasteiger partial charge < -0.3 is 20.0 Å². The molecule has 3 heterocycles. The van der Waals surface area contributed by atoms with Crippen LogP contribution in [0.25, 0.3) is 0 Å². The molecule has 156 valence electrons. The Morgan fingerprint density at radius 3 is 2.41 bits per heavy atom. The fourth-order valence-corrected chi connectivity index (χ4v) is 3.65. The second kappa shape index (κ2) is 9.02. The van der Waals surface area contributed by atoms with Crippen molar-refractivity contribution in [2.24, 2.45) is 5.92 Å². The van der Waals surface area contributed by atoms with Gasteiger partial charge in [-0.2, -0.15) is 0 Å². The standard InChI is InChI=1S/C20H27N5O4/c1-3-23-10-11-25(20(29)19(23)28)13-17(26)24-8-5-15(6-9-24)18(27)22-16-12-14(2)4-7-21-16/h4,7,12,15H,3,5-6,8-11,13H2,1-2H3,(H,21,22,27). The minimum atomic E-state index is -0.619. The Kier molecular flexibility index (Phi) is 6.46. The molecule has 0 aromatic carbocycles. The Morgan fingerprint density at radius 2 is 1.76 bits per heavy atom. The molecule has 0 aliphatic carbocycles. The van der Waals surface area contributed by atoms with Gasteiger partial charge in [-0.15, -0.1) is 0 Å². The molecule has 0 bridgehead atoms. The number of likely N-dealkylation sites (tertiary alicyclic amines) is 1. The van der Waals surface area contributed by atoms with Gasteiger partial charge in [-0.25, -0.2) is 4.98 Å². The predicted octanol–water partition coefficient (Wildman–Crippen LogP) is 0.258. The molecule has 0 radical (unpaired) electrons. The van der Waals surface area contributed by atoms with E-state index in [1.54, 1.807) is 11.1 Å². The number of aromatic nitrogens is 1. The van der Waals surface area contributed by atoms with Crippen LogP contribution in [0.4, 0.5) is 5.82 Å².